The van der Waals surface area contributed by atoms with Crippen LogP contribution < -0.4 is 0 Å². The van der Waals surface area contributed by atoms with Gasteiger partial charge in [-0.1, -0.05) is 13.8 Å². The summed E-state index contributed by atoms with van der Waals surface area (Å²) in [6.07, 6.45) is 0. The fraction of sp³-hybridized carbons (Fsp3) is 1.00. The molecule has 0 bridgehead atoms. The zero-order valence-corrected chi connectivity index (χ0v) is 6.34. The lowest BCUT2D eigenvalue weighted by molar-refractivity contribution is 0.177. The number of phosphoric acid groups is 1. The van der Waals surface area contributed by atoms with Gasteiger partial charge in [-0.05, 0) is 5.92 Å². The molecule has 0 aliphatic rings. The van der Waals surface area contributed by atoms with Crippen molar-refractivity contribution >= 4 is 25.2 Å². The first-order chi connectivity index (χ1) is 3.92. The van der Waals surface area contributed by atoms with Crippen molar-refractivity contribution in [2.75, 3.05) is 6.61 Å². The van der Waals surface area contributed by atoms with Gasteiger partial charge in [-0.3, -0.25) is 4.52 Å². The van der Waals surface area contributed by atoms with Crippen molar-refractivity contribution in [1.29, 1.82) is 0 Å². The number of rotatable bonds is 3. The average Bonchev–Trinajstić information content (AvgIpc) is 1.59. The summed E-state index contributed by atoms with van der Waals surface area (Å²) in [5, 5.41) is 0. The summed E-state index contributed by atoms with van der Waals surface area (Å²) in [6, 6.07) is 0. The zero-order valence-electron chi connectivity index (χ0n) is 5.44. The Bertz CT molecular complexity index is 120. The zero-order chi connectivity index (χ0) is 7.49. The predicted octanol–water partition coefficient (Wildman–Crippen LogP) is -0.432. The molecule has 0 fully saturated rings. The quantitative estimate of drug-likeness (QED) is 0.461. The van der Waals surface area contributed by atoms with Gasteiger partial charge in [0.05, 0.1) is 6.61 Å². The van der Waals surface area contributed by atoms with Crippen molar-refractivity contribution in [3.8, 4) is 0 Å². The molecule has 0 atom stereocenters. The fourth-order valence-corrected chi connectivity index (χ4v) is 0.739. The second-order valence-corrected chi connectivity index (χ2v) is 3.42. The highest BCUT2D eigenvalue weighted by molar-refractivity contribution is 7.46. The minimum atomic E-state index is -4.22. The Morgan fingerprint density at radius 1 is 1.50 bits per heavy atom. The summed E-state index contributed by atoms with van der Waals surface area (Å²) >= 11 is 0. The Kier molecular flexibility index (Phi) is 7.04. The van der Waals surface area contributed by atoms with E-state index in [1.54, 1.807) is 0 Å². The van der Waals surface area contributed by atoms with Crippen LogP contribution in [-0.2, 0) is 9.09 Å². The van der Waals surface area contributed by atoms with E-state index in [2.05, 4.69) is 4.52 Å². The Balaban J connectivity index is 0. The Hall–Kier alpha value is 0.642. The molecule has 0 aromatic heterocycles. The first-order valence-corrected chi connectivity index (χ1v) is 4.15. The molecule has 0 saturated heterocycles. The summed E-state index contributed by atoms with van der Waals surface area (Å²) < 4.78 is 14.2. The van der Waals surface area contributed by atoms with Crippen LogP contribution in [0.3, 0.4) is 0 Å². The summed E-state index contributed by atoms with van der Waals surface area (Å²) in [6.45, 7) is 3.73. The molecule has 0 aliphatic carbocycles. The summed E-state index contributed by atoms with van der Waals surface area (Å²) in [7, 11) is -4.22. The topological polar surface area (TPSA) is 66.8 Å². The molecule has 0 amide bonds. The van der Waals surface area contributed by atoms with Crippen molar-refractivity contribution in [3.63, 3.8) is 0 Å². The van der Waals surface area contributed by atoms with Crippen LogP contribution >= 0.6 is 7.82 Å². The maximum atomic E-state index is 10.0. The summed E-state index contributed by atoms with van der Waals surface area (Å²) in [5.74, 6) is 0.151. The van der Waals surface area contributed by atoms with E-state index < -0.39 is 7.82 Å². The molecule has 2 N–H and O–H groups in total. The van der Waals surface area contributed by atoms with Crippen LogP contribution in [0.2, 0.25) is 0 Å². The van der Waals surface area contributed by atoms with E-state index in [0.29, 0.717) is 0 Å². The third-order valence-electron chi connectivity index (χ3n) is 0.576. The van der Waals surface area contributed by atoms with Crippen LogP contribution in [0.25, 0.3) is 0 Å². The van der Waals surface area contributed by atoms with Crippen molar-refractivity contribution in [1.82, 2.24) is 0 Å². The molecule has 0 spiro atoms. The molecule has 0 saturated carbocycles. The summed E-state index contributed by atoms with van der Waals surface area (Å²) in [5.41, 5.74) is 0. The van der Waals surface area contributed by atoms with E-state index >= 15 is 0 Å². The van der Waals surface area contributed by atoms with E-state index in [1.165, 1.54) is 0 Å². The van der Waals surface area contributed by atoms with Gasteiger partial charge in [-0.15, -0.1) is 0 Å². The highest BCUT2D eigenvalue weighted by Gasteiger charge is 2.13. The van der Waals surface area contributed by atoms with E-state index in [-0.39, 0.29) is 29.9 Å². The van der Waals surface area contributed by atoms with Crippen LogP contribution in [0.1, 0.15) is 13.8 Å². The van der Waals surface area contributed by atoms with Crippen LogP contribution in [0.15, 0.2) is 0 Å². The number of phosphoric ester groups is 1. The van der Waals surface area contributed by atoms with Gasteiger partial charge in [0, 0.05) is 0 Å². The fourth-order valence-electron chi connectivity index (χ4n) is 0.246. The largest absolute Gasteiger partial charge is 0.469 e. The molecule has 0 heterocycles. The molecule has 10 heavy (non-hydrogen) atoms. The highest BCUT2D eigenvalue weighted by Crippen LogP contribution is 2.35. The third kappa shape index (κ3) is 11.4. The van der Waals surface area contributed by atoms with Crippen LogP contribution in [0, 0.1) is 5.92 Å². The second-order valence-electron chi connectivity index (χ2n) is 2.18. The lowest BCUT2D eigenvalue weighted by atomic mass is 10.2. The van der Waals surface area contributed by atoms with E-state index in [4.69, 9.17) is 9.79 Å². The lowest BCUT2D eigenvalue weighted by Crippen LogP contribution is -1.99. The minimum absolute atomic E-state index is 0. The van der Waals surface area contributed by atoms with Gasteiger partial charge < -0.3 is 9.79 Å². The first-order valence-electron chi connectivity index (χ1n) is 2.62. The molecule has 0 unspecified atom stereocenters. The van der Waals surface area contributed by atoms with Gasteiger partial charge in [0.2, 0.25) is 0 Å². The average molecular weight is 184 g/mol. The van der Waals surface area contributed by atoms with E-state index in [9.17, 15) is 4.57 Å². The number of hydrogen-bond acceptors (Lipinski definition) is 2. The Labute approximate surface area is 71.0 Å². The molecule has 0 aromatic carbocycles. The lowest BCUT2D eigenvalue weighted by Gasteiger charge is -2.06. The molecule has 62 valence electrons. The first kappa shape index (κ1) is 13.2. The van der Waals surface area contributed by atoms with Gasteiger partial charge in [0.1, 0.15) is 0 Å². The minimum Gasteiger partial charge on any atom is -0.303 e. The maximum Gasteiger partial charge on any atom is 0.469 e. The van der Waals surface area contributed by atoms with Gasteiger partial charge in [-0.25, -0.2) is 4.57 Å². The Morgan fingerprint density at radius 2 is 1.90 bits per heavy atom. The second kappa shape index (κ2) is 5.31. The van der Waals surface area contributed by atoms with Gasteiger partial charge in [-0.2, -0.15) is 0 Å². The van der Waals surface area contributed by atoms with Gasteiger partial charge in [0.15, 0.2) is 17.4 Å². The molecule has 4 nitrogen and oxygen atoms in total. The molecule has 0 aliphatic heterocycles. The van der Waals surface area contributed by atoms with Crippen LogP contribution in [0.5, 0.6) is 0 Å². The molecular weight excluding hydrogens is 170 g/mol. The van der Waals surface area contributed by atoms with Gasteiger partial charge in [0.25, 0.3) is 0 Å². The molecular formula is C4H14AlO4P. The van der Waals surface area contributed by atoms with E-state index in [1.807, 2.05) is 13.8 Å². The van der Waals surface area contributed by atoms with E-state index in [0.717, 1.165) is 0 Å². The predicted molar refractivity (Wildman–Crippen MR) is 42.8 cm³/mol. The van der Waals surface area contributed by atoms with Crippen molar-refractivity contribution < 1.29 is 18.9 Å². The van der Waals surface area contributed by atoms with Crippen molar-refractivity contribution in [3.05, 3.63) is 0 Å². The summed E-state index contributed by atoms with van der Waals surface area (Å²) in [4.78, 5) is 16.3. The molecule has 6 heteroatoms. The number of hydrogen-bond donors (Lipinski definition) is 2. The SMILES string of the molecule is CC(C)COP(=O)(O)O.[AlH3]. The molecule has 0 rings (SSSR count). The third-order valence-corrected chi connectivity index (χ3v) is 1.06. The van der Waals surface area contributed by atoms with Crippen LogP contribution in [-0.4, -0.2) is 33.8 Å². The molecule has 0 radical (unpaired) electrons. The Morgan fingerprint density at radius 3 is 2.00 bits per heavy atom. The van der Waals surface area contributed by atoms with Crippen molar-refractivity contribution in [2.45, 2.75) is 13.8 Å². The standard InChI is InChI=1S/C4H11O4P.Al.3H/c1-4(2)3-8-9(5,6)7;;;;/h4H,3H2,1-2H3,(H2,5,6,7);;;;. The van der Waals surface area contributed by atoms with Crippen LogP contribution in [0.4, 0.5) is 0 Å². The normalized spacial score (nSPS) is 11.3. The molecule has 0 aromatic rings. The monoisotopic (exact) mass is 184 g/mol. The maximum absolute atomic E-state index is 10.0. The van der Waals surface area contributed by atoms with Crippen molar-refractivity contribution in [2.24, 2.45) is 5.92 Å². The van der Waals surface area contributed by atoms with Gasteiger partial charge >= 0.3 is 7.82 Å². The highest BCUT2D eigenvalue weighted by atomic mass is 31.2. The smallest absolute Gasteiger partial charge is 0.303 e.